The summed E-state index contributed by atoms with van der Waals surface area (Å²) in [7, 11) is 1.66. The minimum Gasteiger partial charge on any atom is -0.497 e. The topological polar surface area (TPSA) is 70.7 Å². The smallest absolute Gasteiger partial charge is 0.242 e. The lowest BCUT2D eigenvalue weighted by molar-refractivity contribution is -0.129. The second-order valence-electron chi connectivity index (χ2n) is 8.73. The molecule has 2 unspecified atom stereocenters. The van der Waals surface area contributed by atoms with Gasteiger partial charge in [0.15, 0.2) is 0 Å². The molecule has 32 heavy (non-hydrogen) atoms. The summed E-state index contributed by atoms with van der Waals surface area (Å²) in [6.45, 7) is 6.42. The molecule has 2 aromatic rings. The quantitative estimate of drug-likeness (QED) is 0.598. The molecule has 1 fully saturated rings. The monoisotopic (exact) mass is 437 g/mol. The molecule has 2 amide bonds. The molecule has 0 aliphatic carbocycles. The van der Waals surface area contributed by atoms with E-state index in [2.05, 4.69) is 21.6 Å². The first kappa shape index (κ1) is 23.8. The Labute approximate surface area is 191 Å². The van der Waals surface area contributed by atoms with Crippen LogP contribution in [0.1, 0.15) is 43.9 Å². The van der Waals surface area contributed by atoms with Gasteiger partial charge in [0.25, 0.3) is 0 Å². The normalized spacial score (nSPS) is 15.9. The Bertz CT molecular complexity index is 879. The van der Waals surface area contributed by atoms with Crippen molar-refractivity contribution in [3.8, 4) is 5.75 Å². The Balaban J connectivity index is 1.65. The number of carbonyl (C=O) groups is 2. The molecule has 0 radical (unpaired) electrons. The Hall–Kier alpha value is -2.86. The molecule has 6 nitrogen and oxygen atoms in total. The number of ether oxygens (including phenoxy) is 1. The van der Waals surface area contributed by atoms with Crippen molar-refractivity contribution in [2.75, 3.05) is 26.7 Å². The zero-order valence-electron chi connectivity index (χ0n) is 19.3. The molecule has 1 heterocycles. The number of rotatable bonds is 10. The van der Waals surface area contributed by atoms with Gasteiger partial charge in [-0.15, -0.1) is 0 Å². The SMILES string of the molecule is COc1cccc(C(CNC(=O)C(NC(=O)Cc2ccccc2)C(C)C)N2CCCC2)c1. The van der Waals surface area contributed by atoms with Gasteiger partial charge < -0.3 is 15.4 Å². The number of benzene rings is 2. The van der Waals surface area contributed by atoms with Crippen molar-refractivity contribution >= 4 is 11.8 Å². The summed E-state index contributed by atoms with van der Waals surface area (Å²) < 4.78 is 5.40. The van der Waals surface area contributed by atoms with Gasteiger partial charge in [-0.3, -0.25) is 14.5 Å². The highest BCUT2D eigenvalue weighted by Gasteiger charge is 2.28. The van der Waals surface area contributed by atoms with Crippen LogP contribution in [-0.4, -0.2) is 49.5 Å². The van der Waals surface area contributed by atoms with E-state index >= 15 is 0 Å². The van der Waals surface area contributed by atoms with E-state index in [0.29, 0.717) is 6.54 Å². The third-order valence-corrected chi connectivity index (χ3v) is 6.00. The molecule has 0 saturated carbocycles. The standard InChI is InChI=1S/C26H35N3O3/c1-19(2)25(28-24(30)16-20-10-5-4-6-11-20)26(31)27-18-23(29-14-7-8-15-29)21-12-9-13-22(17-21)32-3/h4-6,9-13,17,19,23,25H,7-8,14-16,18H2,1-3H3,(H,27,31)(H,28,30). The average Bonchev–Trinajstić information content (AvgIpc) is 3.32. The van der Waals surface area contributed by atoms with Gasteiger partial charge in [0.1, 0.15) is 11.8 Å². The fourth-order valence-electron chi connectivity index (χ4n) is 4.21. The largest absolute Gasteiger partial charge is 0.497 e. The van der Waals surface area contributed by atoms with E-state index in [9.17, 15) is 9.59 Å². The molecule has 0 aromatic heterocycles. The molecule has 172 valence electrons. The van der Waals surface area contributed by atoms with Crippen molar-refractivity contribution in [2.24, 2.45) is 5.92 Å². The van der Waals surface area contributed by atoms with E-state index in [1.54, 1.807) is 7.11 Å². The number of methoxy groups -OCH3 is 1. The van der Waals surface area contributed by atoms with Crippen LogP contribution in [0.25, 0.3) is 0 Å². The fourth-order valence-corrected chi connectivity index (χ4v) is 4.21. The maximum absolute atomic E-state index is 13.1. The first-order valence-electron chi connectivity index (χ1n) is 11.5. The first-order chi connectivity index (χ1) is 15.5. The molecule has 1 aliphatic heterocycles. The number of nitrogens with one attached hydrogen (secondary N) is 2. The Morgan fingerprint density at radius 2 is 1.75 bits per heavy atom. The zero-order chi connectivity index (χ0) is 22.9. The highest BCUT2D eigenvalue weighted by molar-refractivity contribution is 5.88. The van der Waals surface area contributed by atoms with Crippen molar-refractivity contribution in [1.29, 1.82) is 0 Å². The van der Waals surface area contributed by atoms with Crippen LogP contribution < -0.4 is 15.4 Å². The zero-order valence-corrected chi connectivity index (χ0v) is 19.3. The molecular weight excluding hydrogens is 402 g/mol. The summed E-state index contributed by atoms with van der Waals surface area (Å²) in [5.74, 6) is 0.505. The van der Waals surface area contributed by atoms with E-state index in [4.69, 9.17) is 4.74 Å². The van der Waals surface area contributed by atoms with E-state index in [1.165, 1.54) is 12.8 Å². The number of likely N-dealkylation sites (tertiary alicyclic amines) is 1. The van der Waals surface area contributed by atoms with Crippen LogP contribution in [-0.2, 0) is 16.0 Å². The Morgan fingerprint density at radius 1 is 1.03 bits per heavy atom. The molecule has 0 spiro atoms. The van der Waals surface area contributed by atoms with Crippen LogP contribution in [0.5, 0.6) is 5.75 Å². The summed E-state index contributed by atoms with van der Waals surface area (Å²) in [6, 6.07) is 17.1. The Morgan fingerprint density at radius 3 is 2.41 bits per heavy atom. The summed E-state index contributed by atoms with van der Waals surface area (Å²) in [4.78, 5) is 28.0. The second-order valence-corrected chi connectivity index (χ2v) is 8.73. The third kappa shape index (κ3) is 6.57. The molecular formula is C26H35N3O3. The van der Waals surface area contributed by atoms with Gasteiger partial charge in [-0.2, -0.15) is 0 Å². The predicted molar refractivity (Wildman–Crippen MR) is 126 cm³/mol. The van der Waals surface area contributed by atoms with Crippen LogP contribution in [0.15, 0.2) is 54.6 Å². The molecule has 2 aromatic carbocycles. The summed E-state index contributed by atoms with van der Waals surface area (Å²) in [6.07, 6.45) is 2.59. The average molecular weight is 438 g/mol. The van der Waals surface area contributed by atoms with Crippen LogP contribution in [0.2, 0.25) is 0 Å². The Kier molecular flexibility index (Phi) is 8.68. The van der Waals surface area contributed by atoms with Gasteiger partial charge in [-0.25, -0.2) is 0 Å². The summed E-state index contributed by atoms with van der Waals surface area (Å²) in [5.41, 5.74) is 2.06. The number of amides is 2. The lowest BCUT2D eigenvalue weighted by Crippen LogP contribution is -2.51. The highest BCUT2D eigenvalue weighted by atomic mass is 16.5. The van der Waals surface area contributed by atoms with Gasteiger partial charge in [-0.1, -0.05) is 56.3 Å². The van der Waals surface area contributed by atoms with E-state index < -0.39 is 6.04 Å². The van der Waals surface area contributed by atoms with Crippen molar-refractivity contribution in [3.05, 3.63) is 65.7 Å². The maximum Gasteiger partial charge on any atom is 0.242 e. The molecule has 1 aliphatic rings. The molecule has 1 saturated heterocycles. The van der Waals surface area contributed by atoms with E-state index in [-0.39, 0.29) is 30.2 Å². The molecule has 0 bridgehead atoms. The van der Waals surface area contributed by atoms with Crippen LogP contribution >= 0.6 is 0 Å². The van der Waals surface area contributed by atoms with Crippen molar-refractivity contribution in [2.45, 2.75) is 45.2 Å². The van der Waals surface area contributed by atoms with Gasteiger partial charge in [0, 0.05) is 6.54 Å². The van der Waals surface area contributed by atoms with Crippen LogP contribution in [0.4, 0.5) is 0 Å². The first-order valence-corrected chi connectivity index (χ1v) is 11.5. The maximum atomic E-state index is 13.1. The number of carbonyl (C=O) groups excluding carboxylic acids is 2. The number of hydrogen-bond donors (Lipinski definition) is 2. The van der Waals surface area contributed by atoms with Gasteiger partial charge in [0.05, 0.1) is 19.6 Å². The van der Waals surface area contributed by atoms with Crippen LogP contribution in [0.3, 0.4) is 0 Å². The van der Waals surface area contributed by atoms with E-state index in [0.717, 1.165) is 30.0 Å². The summed E-state index contributed by atoms with van der Waals surface area (Å²) in [5, 5.41) is 6.04. The number of nitrogens with zero attached hydrogens (tertiary/aromatic N) is 1. The molecule has 2 atom stereocenters. The minimum atomic E-state index is -0.573. The highest BCUT2D eigenvalue weighted by Crippen LogP contribution is 2.27. The third-order valence-electron chi connectivity index (χ3n) is 6.00. The predicted octanol–water partition coefficient (Wildman–Crippen LogP) is 3.33. The number of hydrogen-bond acceptors (Lipinski definition) is 4. The van der Waals surface area contributed by atoms with Crippen molar-refractivity contribution in [3.63, 3.8) is 0 Å². The lowest BCUT2D eigenvalue weighted by atomic mass is 10.0. The summed E-state index contributed by atoms with van der Waals surface area (Å²) >= 11 is 0. The van der Waals surface area contributed by atoms with Crippen LogP contribution in [0, 0.1) is 5.92 Å². The fraction of sp³-hybridized carbons (Fsp3) is 0.462. The van der Waals surface area contributed by atoms with Gasteiger partial charge in [-0.05, 0) is 55.1 Å². The van der Waals surface area contributed by atoms with E-state index in [1.807, 2.05) is 62.4 Å². The molecule has 2 N–H and O–H groups in total. The minimum absolute atomic E-state index is 0.0169. The van der Waals surface area contributed by atoms with Gasteiger partial charge in [0.2, 0.25) is 11.8 Å². The van der Waals surface area contributed by atoms with Gasteiger partial charge >= 0.3 is 0 Å². The second kappa shape index (κ2) is 11.7. The van der Waals surface area contributed by atoms with Crippen molar-refractivity contribution in [1.82, 2.24) is 15.5 Å². The van der Waals surface area contributed by atoms with Crippen molar-refractivity contribution < 1.29 is 14.3 Å². The lowest BCUT2D eigenvalue weighted by Gasteiger charge is -2.30. The molecule has 6 heteroatoms. The molecule has 3 rings (SSSR count).